The van der Waals surface area contributed by atoms with Crippen molar-refractivity contribution in [3.63, 3.8) is 0 Å². The molecule has 0 radical (unpaired) electrons. The second kappa shape index (κ2) is 12.2. The molecule has 2 aliphatic rings. The molecule has 0 aromatic heterocycles. The number of fused-ring (bicyclic) bond motifs is 2. The van der Waals surface area contributed by atoms with Gasteiger partial charge < -0.3 is 0 Å². The van der Waals surface area contributed by atoms with Gasteiger partial charge in [-0.2, -0.15) is 0 Å². The van der Waals surface area contributed by atoms with Crippen LogP contribution in [-0.2, 0) is 15.3 Å². The van der Waals surface area contributed by atoms with Crippen molar-refractivity contribution in [1.29, 1.82) is 0 Å². The topological polar surface area (TPSA) is 0 Å². The number of hydrogen-bond acceptors (Lipinski definition) is 0. The van der Waals surface area contributed by atoms with Crippen molar-refractivity contribution < 1.29 is 15.3 Å². The fourth-order valence-electron chi connectivity index (χ4n) is 8.01. The molecule has 243 valence electrons. The van der Waals surface area contributed by atoms with E-state index in [4.69, 9.17) is 17.2 Å². The Bertz CT molecular complexity index is 1410. The summed E-state index contributed by atoms with van der Waals surface area (Å²) in [6.07, 6.45) is 5.25. The van der Waals surface area contributed by atoms with E-state index in [1.54, 1.807) is 10.4 Å². The van der Waals surface area contributed by atoms with E-state index in [1.807, 2.05) is 0 Å². The summed E-state index contributed by atoms with van der Waals surface area (Å²) in [5.41, 5.74) is 11.8. The van der Waals surface area contributed by atoms with Gasteiger partial charge in [-0.1, -0.05) is 0 Å². The Kier molecular flexibility index (Phi) is 10.2. The van der Waals surface area contributed by atoms with E-state index in [1.165, 1.54) is 44.5 Å². The van der Waals surface area contributed by atoms with Crippen molar-refractivity contribution in [2.24, 2.45) is 0 Å². The van der Waals surface area contributed by atoms with Gasteiger partial charge in [-0.15, -0.1) is 0 Å². The fraction of sp³-hybridized carbons (Fsp3) is 0.579. The van der Waals surface area contributed by atoms with Crippen molar-refractivity contribution in [2.75, 3.05) is 0 Å². The first-order valence-electron chi connectivity index (χ1n) is 17.3. The van der Waals surface area contributed by atoms with Crippen molar-refractivity contribution in [1.82, 2.24) is 0 Å². The zero-order valence-corrected chi connectivity index (χ0v) is 39.0. The first-order valence-corrected chi connectivity index (χ1v) is 46.5. The van der Waals surface area contributed by atoms with Gasteiger partial charge in [0.1, 0.15) is 0 Å². The Hall–Kier alpha value is 0.0208. The van der Waals surface area contributed by atoms with Gasteiger partial charge in [0.05, 0.1) is 0 Å². The molecule has 0 bridgehead atoms. The fourth-order valence-corrected chi connectivity index (χ4v) is 72.7. The first kappa shape index (κ1) is 36.8. The Balaban J connectivity index is 2.21. The van der Waals surface area contributed by atoms with Crippen LogP contribution in [0.5, 0.6) is 0 Å². The van der Waals surface area contributed by atoms with E-state index in [2.05, 4.69) is 144 Å². The van der Waals surface area contributed by atoms with Gasteiger partial charge in [0.15, 0.2) is 0 Å². The molecule has 0 heterocycles. The zero-order chi connectivity index (χ0) is 33.5. The molecule has 0 spiro atoms. The zero-order valence-electron chi connectivity index (χ0n) is 30.8. The summed E-state index contributed by atoms with van der Waals surface area (Å²) in [5.74, 6) is 0.227. The van der Waals surface area contributed by atoms with E-state index >= 15 is 0 Å². The van der Waals surface area contributed by atoms with Crippen LogP contribution in [0.1, 0.15) is 131 Å². The number of rotatable bonds is 9. The molecule has 0 amide bonds. The first-order chi connectivity index (χ1) is 19.9. The molecule has 4 rings (SSSR count). The molecule has 2 atom stereocenters. The molecular weight excluding hydrogens is 790 g/mol. The second-order valence-corrected chi connectivity index (χ2v) is 87.2. The van der Waals surface area contributed by atoms with Gasteiger partial charge in [-0.3, -0.25) is 0 Å². The molecule has 44 heavy (non-hydrogen) atoms. The SMILES string of the molecule is CC(C)c1cc(C(C)C)c2c(c1)[CH]([Hf]([Cl])([Cl])([CH]1C([Si](C)(C)C)=Cc3c(C(C)C)cc(C(C)C)cc31)[SiH](C)C)C([Si](C)(C)C)=C2. The molecule has 0 nitrogen and oxygen atoms in total. The Morgan fingerprint density at radius 1 is 0.568 bits per heavy atom. The third-order valence-electron chi connectivity index (χ3n) is 10.9. The average Bonchev–Trinajstić information content (AvgIpc) is 3.47. The summed E-state index contributed by atoms with van der Waals surface area (Å²) < 4.78 is 0.390. The number of hydrogen-bond donors (Lipinski definition) is 0. The molecule has 0 aliphatic heterocycles. The van der Waals surface area contributed by atoms with E-state index in [0.29, 0.717) is 23.7 Å². The van der Waals surface area contributed by atoms with Gasteiger partial charge in [-0.05, 0) is 0 Å². The molecule has 0 saturated carbocycles. The molecule has 2 aliphatic carbocycles. The van der Waals surface area contributed by atoms with Crippen LogP contribution in [0.4, 0.5) is 0 Å². The van der Waals surface area contributed by atoms with Crippen molar-refractivity contribution in [3.05, 3.63) is 79.2 Å². The summed E-state index contributed by atoms with van der Waals surface area (Å²) in [6.45, 7) is 39.1. The Labute approximate surface area is 282 Å². The number of benzene rings is 2. The monoisotopic (exact) mass is 851 g/mol. The van der Waals surface area contributed by atoms with Crippen molar-refractivity contribution in [2.45, 2.75) is 139 Å². The summed E-state index contributed by atoms with van der Waals surface area (Å²) in [4.78, 5) is 0. The van der Waals surface area contributed by atoms with Gasteiger partial charge in [0, 0.05) is 0 Å². The normalized spacial score (nSPS) is 20.0. The second-order valence-electron chi connectivity index (χ2n) is 17.8. The van der Waals surface area contributed by atoms with Crippen LogP contribution in [0.25, 0.3) is 12.2 Å². The Morgan fingerprint density at radius 3 is 1.11 bits per heavy atom. The van der Waals surface area contributed by atoms with E-state index in [0.717, 1.165) is 0 Å². The number of halogens is 2. The third kappa shape index (κ3) is 6.06. The molecule has 0 N–H and O–H groups in total. The molecule has 0 saturated heterocycles. The van der Waals surface area contributed by atoms with Crippen LogP contribution in [0.15, 0.2) is 34.7 Å². The predicted molar refractivity (Wildman–Crippen MR) is 208 cm³/mol. The standard InChI is InChI=1S/2C18H27Si.C2H7Si.2ClH.Hf/c2*1-12(2)14-8-15-9-16(19(5,6)7)11-18(15)17(10-14)13(3)4;1-3-2;;;/h2*8-13H,1-7H3;3H,1-2H3;2*1H;/q;;;;;+2/p-2. The third-order valence-corrected chi connectivity index (χ3v) is 89.7. The van der Waals surface area contributed by atoms with Gasteiger partial charge in [0.25, 0.3) is 0 Å². The quantitative estimate of drug-likeness (QED) is 0.221. The summed E-state index contributed by atoms with van der Waals surface area (Å²) in [7, 11) is 14.3. The van der Waals surface area contributed by atoms with Crippen LogP contribution in [0, 0.1) is 0 Å². The van der Waals surface area contributed by atoms with Crippen molar-refractivity contribution >= 4 is 51.4 Å². The molecule has 6 heteroatoms. The molecule has 0 fully saturated rings. The van der Waals surface area contributed by atoms with Gasteiger partial charge in [0.2, 0.25) is 0 Å². The maximum absolute atomic E-state index is 8.94. The average molecular weight is 852 g/mol. The van der Waals surface area contributed by atoms with Crippen LogP contribution in [-0.4, -0.2) is 22.1 Å². The minimum absolute atomic E-state index is 0.195. The van der Waals surface area contributed by atoms with Crippen molar-refractivity contribution in [3.8, 4) is 0 Å². The van der Waals surface area contributed by atoms with Gasteiger partial charge in [-0.25, -0.2) is 0 Å². The predicted octanol–water partition coefficient (Wildman–Crippen LogP) is 13.5. The molecule has 2 unspecified atom stereocenters. The van der Waals surface area contributed by atoms with Gasteiger partial charge >= 0.3 is 285 Å². The van der Waals surface area contributed by atoms with E-state index in [9.17, 15) is 0 Å². The minimum atomic E-state index is -5.03. The number of allylic oxidation sites excluding steroid dienone is 2. The van der Waals surface area contributed by atoms with Crippen LogP contribution >= 0.6 is 17.2 Å². The summed E-state index contributed by atoms with van der Waals surface area (Å²) in [6, 6.07) is 10.1. The molecular formula is C38H61Cl2HfSi3. The maximum atomic E-state index is 8.94. The van der Waals surface area contributed by atoms with Crippen LogP contribution < -0.4 is 0 Å². The summed E-state index contributed by atoms with van der Waals surface area (Å²) in [5, 5.41) is 3.26. The Morgan fingerprint density at radius 2 is 0.886 bits per heavy atom. The van der Waals surface area contributed by atoms with Crippen LogP contribution in [0.3, 0.4) is 0 Å². The van der Waals surface area contributed by atoms with E-state index < -0.39 is 37.4 Å². The van der Waals surface area contributed by atoms with Crippen LogP contribution in [0.2, 0.25) is 52.4 Å². The summed E-state index contributed by atoms with van der Waals surface area (Å²) >= 11 is -5.03. The molecule has 2 aromatic carbocycles. The molecule has 2 aromatic rings. The van der Waals surface area contributed by atoms with E-state index in [-0.39, 0.29) is 7.35 Å².